The molecule has 1 atom stereocenters. The molecule has 2 N–H and O–H groups in total. The van der Waals surface area contributed by atoms with Crippen LogP contribution in [0, 0.1) is 0 Å². The molecule has 2 saturated heterocycles. The number of nitrogens with one attached hydrogen (secondary N) is 2. The standard InChI is InChI=1S/C16H21F2N3O2.2ClH/c17-16(18)9-14(19-11-16)15(22)20-13-3-1-2-12(8-13)10-21-4-6-23-7-5-21;;/h1-3,8,14,19H,4-7,9-11H2,(H,20,22);2*1H. The maximum atomic E-state index is 13.2. The summed E-state index contributed by atoms with van der Waals surface area (Å²) in [7, 11) is 0. The average Bonchev–Trinajstić information content (AvgIpc) is 2.89. The van der Waals surface area contributed by atoms with Crippen molar-refractivity contribution in [2.45, 2.75) is 24.9 Å². The van der Waals surface area contributed by atoms with Gasteiger partial charge in [0.1, 0.15) is 0 Å². The SMILES string of the molecule is Cl.Cl.O=C(Nc1cccc(CN2CCOCC2)c1)C1CC(F)(F)CN1. The van der Waals surface area contributed by atoms with Gasteiger partial charge in [-0.05, 0) is 17.7 Å². The van der Waals surface area contributed by atoms with Gasteiger partial charge in [0.2, 0.25) is 5.91 Å². The highest BCUT2D eigenvalue weighted by atomic mass is 35.5. The molecule has 0 spiro atoms. The summed E-state index contributed by atoms with van der Waals surface area (Å²) in [5, 5.41) is 5.28. The van der Waals surface area contributed by atoms with Gasteiger partial charge in [-0.3, -0.25) is 15.0 Å². The molecule has 2 aliphatic heterocycles. The number of carbonyl (C=O) groups excluding carboxylic acids is 1. The number of carbonyl (C=O) groups is 1. The van der Waals surface area contributed by atoms with Crippen LogP contribution in [-0.4, -0.2) is 55.6 Å². The molecule has 1 unspecified atom stereocenters. The minimum Gasteiger partial charge on any atom is -0.379 e. The van der Waals surface area contributed by atoms with E-state index in [-0.39, 0.29) is 24.8 Å². The second kappa shape index (κ2) is 9.64. The molecule has 5 nitrogen and oxygen atoms in total. The van der Waals surface area contributed by atoms with Crippen LogP contribution in [-0.2, 0) is 16.1 Å². The highest BCUT2D eigenvalue weighted by molar-refractivity contribution is 5.95. The fraction of sp³-hybridized carbons (Fsp3) is 0.562. The van der Waals surface area contributed by atoms with Crippen molar-refractivity contribution in [1.82, 2.24) is 10.2 Å². The Morgan fingerprint density at radius 3 is 2.68 bits per heavy atom. The molecule has 2 aliphatic rings. The van der Waals surface area contributed by atoms with Crippen LogP contribution in [0.2, 0.25) is 0 Å². The molecule has 1 amide bonds. The maximum Gasteiger partial charge on any atom is 0.262 e. The van der Waals surface area contributed by atoms with E-state index in [0.29, 0.717) is 5.69 Å². The third-order valence-corrected chi connectivity index (χ3v) is 4.13. The summed E-state index contributed by atoms with van der Waals surface area (Å²) in [4.78, 5) is 14.4. The molecule has 142 valence electrons. The summed E-state index contributed by atoms with van der Waals surface area (Å²) >= 11 is 0. The van der Waals surface area contributed by atoms with Gasteiger partial charge >= 0.3 is 0 Å². The molecule has 0 bridgehead atoms. The fourth-order valence-corrected chi connectivity index (χ4v) is 2.90. The molecule has 2 fully saturated rings. The largest absolute Gasteiger partial charge is 0.379 e. The van der Waals surface area contributed by atoms with Crippen LogP contribution in [0.5, 0.6) is 0 Å². The Balaban J connectivity index is 0.00000156. The first-order valence-corrected chi connectivity index (χ1v) is 7.83. The van der Waals surface area contributed by atoms with E-state index in [1.807, 2.05) is 18.2 Å². The van der Waals surface area contributed by atoms with Gasteiger partial charge in [-0.25, -0.2) is 8.78 Å². The lowest BCUT2D eigenvalue weighted by molar-refractivity contribution is -0.118. The van der Waals surface area contributed by atoms with Gasteiger partial charge in [0.05, 0.1) is 25.8 Å². The Bertz CT molecular complexity index is 572. The molecule has 1 aromatic carbocycles. The van der Waals surface area contributed by atoms with Crippen molar-refractivity contribution in [3.63, 3.8) is 0 Å². The predicted octanol–water partition coefficient (Wildman–Crippen LogP) is 2.30. The molecule has 1 aromatic rings. The van der Waals surface area contributed by atoms with Crippen molar-refractivity contribution < 1.29 is 18.3 Å². The van der Waals surface area contributed by atoms with Crippen molar-refractivity contribution in [2.24, 2.45) is 0 Å². The molecule has 9 heteroatoms. The zero-order chi connectivity index (χ0) is 16.3. The molecule has 0 aromatic heterocycles. The number of hydrogen-bond acceptors (Lipinski definition) is 4. The summed E-state index contributed by atoms with van der Waals surface area (Å²) in [6.45, 7) is 3.58. The van der Waals surface area contributed by atoms with E-state index in [4.69, 9.17) is 4.74 Å². The zero-order valence-corrected chi connectivity index (χ0v) is 15.3. The number of ether oxygens (including phenoxy) is 1. The molecule has 0 saturated carbocycles. The first-order chi connectivity index (χ1) is 11.0. The van der Waals surface area contributed by atoms with Gasteiger partial charge in [-0.2, -0.15) is 0 Å². The van der Waals surface area contributed by atoms with Crippen LogP contribution in [0.3, 0.4) is 0 Å². The second-order valence-electron chi connectivity index (χ2n) is 6.07. The normalized spacial score (nSPS) is 22.6. The summed E-state index contributed by atoms with van der Waals surface area (Å²) < 4.78 is 31.6. The van der Waals surface area contributed by atoms with Crippen LogP contribution in [0.4, 0.5) is 14.5 Å². The number of morpholine rings is 1. The zero-order valence-electron chi connectivity index (χ0n) is 13.7. The Hall–Kier alpha value is -0.990. The summed E-state index contributed by atoms with van der Waals surface area (Å²) in [5.74, 6) is -3.22. The van der Waals surface area contributed by atoms with E-state index < -0.39 is 30.8 Å². The molecule has 0 radical (unpaired) electrons. The van der Waals surface area contributed by atoms with E-state index in [1.54, 1.807) is 6.07 Å². The number of anilines is 1. The lowest BCUT2D eigenvalue weighted by atomic mass is 10.1. The van der Waals surface area contributed by atoms with Crippen LogP contribution >= 0.6 is 24.8 Å². The first-order valence-electron chi connectivity index (χ1n) is 7.83. The number of benzene rings is 1. The molecular weight excluding hydrogens is 375 g/mol. The van der Waals surface area contributed by atoms with E-state index in [0.717, 1.165) is 38.4 Å². The van der Waals surface area contributed by atoms with Gasteiger partial charge in [0, 0.05) is 31.7 Å². The van der Waals surface area contributed by atoms with E-state index in [2.05, 4.69) is 15.5 Å². The Labute approximate surface area is 158 Å². The van der Waals surface area contributed by atoms with Gasteiger partial charge in [0.15, 0.2) is 0 Å². The average molecular weight is 398 g/mol. The minimum atomic E-state index is -2.81. The molecular formula is C16H23Cl2F2N3O2. The molecule has 0 aliphatic carbocycles. The lowest BCUT2D eigenvalue weighted by Gasteiger charge is -2.26. The third kappa shape index (κ3) is 6.34. The van der Waals surface area contributed by atoms with E-state index in [9.17, 15) is 13.6 Å². The Kier molecular flexibility index (Phi) is 8.50. The third-order valence-electron chi connectivity index (χ3n) is 4.13. The van der Waals surface area contributed by atoms with E-state index >= 15 is 0 Å². The summed E-state index contributed by atoms with van der Waals surface area (Å²) in [5.41, 5.74) is 1.71. The van der Waals surface area contributed by atoms with Gasteiger partial charge < -0.3 is 10.1 Å². The first kappa shape index (κ1) is 22.1. The van der Waals surface area contributed by atoms with Crippen molar-refractivity contribution in [3.05, 3.63) is 29.8 Å². The summed E-state index contributed by atoms with van der Waals surface area (Å²) in [6, 6.07) is 6.68. The second-order valence-corrected chi connectivity index (χ2v) is 6.07. The van der Waals surface area contributed by atoms with E-state index in [1.165, 1.54) is 0 Å². The quantitative estimate of drug-likeness (QED) is 0.818. The minimum absolute atomic E-state index is 0. The monoisotopic (exact) mass is 397 g/mol. The number of rotatable bonds is 4. The number of amides is 1. The van der Waals surface area contributed by atoms with Crippen molar-refractivity contribution in [1.29, 1.82) is 0 Å². The van der Waals surface area contributed by atoms with Crippen molar-refractivity contribution >= 4 is 36.4 Å². The number of halogens is 4. The van der Waals surface area contributed by atoms with Crippen molar-refractivity contribution in [2.75, 3.05) is 38.2 Å². The molecule has 25 heavy (non-hydrogen) atoms. The Morgan fingerprint density at radius 1 is 1.32 bits per heavy atom. The highest BCUT2D eigenvalue weighted by Crippen LogP contribution is 2.25. The summed E-state index contributed by atoms with van der Waals surface area (Å²) in [6.07, 6.45) is -0.452. The number of nitrogens with zero attached hydrogens (tertiary/aromatic N) is 1. The topological polar surface area (TPSA) is 53.6 Å². The van der Waals surface area contributed by atoms with Crippen LogP contribution in [0.1, 0.15) is 12.0 Å². The van der Waals surface area contributed by atoms with Crippen LogP contribution < -0.4 is 10.6 Å². The number of alkyl halides is 2. The lowest BCUT2D eigenvalue weighted by Crippen LogP contribution is -2.36. The fourth-order valence-electron chi connectivity index (χ4n) is 2.90. The van der Waals surface area contributed by atoms with Crippen LogP contribution in [0.25, 0.3) is 0 Å². The predicted molar refractivity (Wildman–Crippen MR) is 97.0 cm³/mol. The number of hydrogen-bond donors (Lipinski definition) is 2. The van der Waals surface area contributed by atoms with Gasteiger partial charge in [0.25, 0.3) is 5.92 Å². The van der Waals surface area contributed by atoms with Gasteiger partial charge in [-0.1, -0.05) is 12.1 Å². The Morgan fingerprint density at radius 2 is 2.04 bits per heavy atom. The molecule has 2 heterocycles. The van der Waals surface area contributed by atoms with Crippen LogP contribution in [0.15, 0.2) is 24.3 Å². The maximum absolute atomic E-state index is 13.2. The highest BCUT2D eigenvalue weighted by Gasteiger charge is 2.42. The van der Waals surface area contributed by atoms with Gasteiger partial charge in [-0.15, -0.1) is 24.8 Å². The van der Waals surface area contributed by atoms with Crippen molar-refractivity contribution in [3.8, 4) is 0 Å². The smallest absolute Gasteiger partial charge is 0.262 e. The molecule has 3 rings (SSSR count).